The van der Waals surface area contributed by atoms with Gasteiger partial charge in [-0.05, 0) is 48.5 Å². The van der Waals surface area contributed by atoms with Crippen molar-refractivity contribution >= 4 is 23.2 Å². The molecule has 0 radical (unpaired) electrons. The summed E-state index contributed by atoms with van der Waals surface area (Å²) in [6.45, 7) is 0. The lowest BCUT2D eigenvalue weighted by Gasteiger charge is -2.17. The lowest BCUT2D eigenvalue weighted by molar-refractivity contribution is -0.125. The van der Waals surface area contributed by atoms with Gasteiger partial charge in [-0.2, -0.15) is 10.5 Å². The first-order valence-electron chi connectivity index (χ1n) is 7.10. The Balaban J connectivity index is 1.95. The molecule has 0 unspecified atom stereocenters. The van der Waals surface area contributed by atoms with Gasteiger partial charge in [0, 0.05) is 18.4 Å². The maximum absolute atomic E-state index is 12.2. The molecule has 0 aliphatic carbocycles. The molecule has 6 heteroatoms. The molecule has 0 saturated heterocycles. The molecule has 2 rings (SSSR count). The summed E-state index contributed by atoms with van der Waals surface area (Å²) in [6.07, 6.45) is -0.309. The van der Waals surface area contributed by atoms with Crippen molar-refractivity contribution < 1.29 is 9.59 Å². The number of hydrogen-bond donors (Lipinski definition) is 1. The Hall–Kier alpha value is -3.64. The van der Waals surface area contributed by atoms with Gasteiger partial charge in [0.15, 0.2) is 0 Å². The van der Waals surface area contributed by atoms with Crippen molar-refractivity contribution in [1.29, 1.82) is 10.5 Å². The second-order valence-electron chi connectivity index (χ2n) is 5.03. The minimum atomic E-state index is -0.440. The molecule has 0 aliphatic rings. The van der Waals surface area contributed by atoms with E-state index in [0.29, 0.717) is 22.5 Å². The second-order valence-corrected chi connectivity index (χ2v) is 5.03. The number of hydrogen-bond acceptors (Lipinski definition) is 4. The van der Waals surface area contributed by atoms with E-state index in [2.05, 4.69) is 5.32 Å². The second kappa shape index (κ2) is 7.57. The fourth-order valence-electron chi connectivity index (χ4n) is 1.99. The van der Waals surface area contributed by atoms with Gasteiger partial charge in [-0.3, -0.25) is 9.59 Å². The van der Waals surface area contributed by atoms with Gasteiger partial charge in [0.2, 0.25) is 11.8 Å². The average molecular weight is 318 g/mol. The lowest BCUT2D eigenvalue weighted by Crippen LogP contribution is -2.30. The van der Waals surface area contributed by atoms with Crippen molar-refractivity contribution in [2.24, 2.45) is 0 Å². The molecule has 2 aromatic carbocycles. The largest absolute Gasteiger partial charge is 0.326 e. The smallest absolute Gasteiger partial charge is 0.236 e. The molecule has 118 valence electrons. The van der Waals surface area contributed by atoms with Gasteiger partial charge in [-0.15, -0.1) is 0 Å². The van der Waals surface area contributed by atoms with Crippen LogP contribution in [0.4, 0.5) is 11.4 Å². The molecule has 24 heavy (non-hydrogen) atoms. The van der Waals surface area contributed by atoms with Crippen LogP contribution in [0.5, 0.6) is 0 Å². The summed E-state index contributed by atoms with van der Waals surface area (Å²) in [6, 6.07) is 16.9. The number of rotatable bonds is 4. The monoisotopic (exact) mass is 318 g/mol. The predicted molar refractivity (Wildman–Crippen MR) is 89.0 cm³/mol. The van der Waals surface area contributed by atoms with E-state index in [1.54, 1.807) is 55.6 Å². The molecule has 2 amide bonds. The molecular formula is C18H14N4O2. The van der Waals surface area contributed by atoms with E-state index in [1.165, 1.54) is 4.90 Å². The standard InChI is InChI=1S/C18H14N4O2/c1-22(16-8-4-14(12-20)5-9-16)18(24)10-17(23)21-15-6-2-13(11-19)3-7-15/h2-9H,10H2,1H3,(H,21,23). The zero-order valence-corrected chi connectivity index (χ0v) is 13.0. The Morgan fingerprint density at radius 1 is 0.958 bits per heavy atom. The van der Waals surface area contributed by atoms with E-state index in [0.717, 1.165) is 0 Å². The van der Waals surface area contributed by atoms with Crippen molar-refractivity contribution in [2.75, 3.05) is 17.3 Å². The molecular weight excluding hydrogens is 304 g/mol. The van der Waals surface area contributed by atoms with Crippen LogP contribution in [-0.2, 0) is 9.59 Å². The maximum Gasteiger partial charge on any atom is 0.236 e. The SMILES string of the molecule is CN(C(=O)CC(=O)Nc1ccc(C#N)cc1)c1ccc(C#N)cc1. The van der Waals surface area contributed by atoms with Crippen molar-refractivity contribution in [2.45, 2.75) is 6.42 Å². The average Bonchev–Trinajstić information content (AvgIpc) is 2.61. The Bertz CT molecular complexity index is 827. The summed E-state index contributed by atoms with van der Waals surface area (Å²) in [7, 11) is 1.57. The molecule has 6 nitrogen and oxygen atoms in total. The first-order valence-corrected chi connectivity index (χ1v) is 7.10. The number of nitriles is 2. The molecule has 0 saturated carbocycles. The Morgan fingerprint density at radius 3 is 1.96 bits per heavy atom. The summed E-state index contributed by atoms with van der Waals surface area (Å²) in [5, 5.41) is 20.1. The van der Waals surface area contributed by atoms with Crippen LogP contribution in [0, 0.1) is 22.7 Å². The van der Waals surface area contributed by atoms with Crippen LogP contribution in [0.25, 0.3) is 0 Å². The van der Waals surface area contributed by atoms with Gasteiger partial charge in [-0.25, -0.2) is 0 Å². The third-order valence-electron chi connectivity index (χ3n) is 3.37. The molecule has 0 fully saturated rings. The summed E-state index contributed by atoms with van der Waals surface area (Å²) >= 11 is 0. The fourth-order valence-corrected chi connectivity index (χ4v) is 1.99. The molecule has 2 aromatic rings. The molecule has 0 spiro atoms. The third-order valence-corrected chi connectivity index (χ3v) is 3.37. The number of carbonyl (C=O) groups is 2. The summed E-state index contributed by atoms with van der Waals surface area (Å²) in [4.78, 5) is 25.5. The van der Waals surface area contributed by atoms with Crippen LogP contribution < -0.4 is 10.2 Å². The number of anilines is 2. The Kier molecular flexibility index (Phi) is 5.28. The maximum atomic E-state index is 12.2. The van der Waals surface area contributed by atoms with Crippen molar-refractivity contribution in [3.63, 3.8) is 0 Å². The lowest BCUT2D eigenvalue weighted by atomic mass is 10.2. The van der Waals surface area contributed by atoms with Crippen LogP contribution in [-0.4, -0.2) is 18.9 Å². The molecule has 0 aromatic heterocycles. The first kappa shape index (κ1) is 16.7. The number of benzene rings is 2. The zero-order valence-electron chi connectivity index (χ0n) is 13.0. The van der Waals surface area contributed by atoms with Crippen molar-refractivity contribution in [1.82, 2.24) is 0 Å². The highest BCUT2D eigenvalue weighted by atomic mass is 16.2. The van der Waals surface area contributed by atoms with Crippen LogP contribution in [0.15, 0.2) is 48.5 Å². The summed E-state index contributed by atoms with van der Waals surface area (Å²) < 4.78 is 0. The number of amides is 2. The van der Waals surface area contributed by atoms with Gasteiger partial charge in [-0.1, -0.05) is 0 Å². The summed E-state index contributed by atoms with van der Waals surface area (Å²) in [5.74, 6) is -0.809. The van der Waals surface area contributed by atoms with Gasteiger partial charge in [0.05, 0.1) is 23.3 Å². The number of nitrogens with zero attached hydrogens (tertiary/aromatic N) is 3. The minimum Gasteiger partial charge on any atom is -0.326 e. The van der Waals surface area contributed by atoms with Gasteiger partial charge in [0.25, 0.3) is 0 Å². The highest BCUT2D eigenvalue weighted by Gasteiger charge is 2.15. The molecule has 0 aliphatic heterocycles. The van der Waals surface area contributed by atoms with Crippen LogP contribution in [0.2, 0.25) is 0 Å². The van der Waals surface area contributed by atoms with Crippen molar-refractivity contribution in [3.8, 4) is 12.1 Å². The minimum absolute atomic E-state index is 0.309. The van der Waals surface area contributed by atoms with Gasteiger partial charge < -0.3 is 10.2 Å². The van der Waals surface area contributed by atoms with Gasteiger partial charge >= 0.3 is 0 Å². The van der Waals surface area contributed by atoms with Crippen LogP contribution >= 0.6 is 0 Å². The van der Waals surface area contributed by atoms with E-state index >= 15 is 0 Å². The van der Waals surface area contributed by atoms with E-state index in [-0.39, 0.29) is 12.3 Å². The number of nitrogens with one attached hydrogen (secondary N) is 1. The fraction of sp³-hybridized carbons (Fsp3) is 0.111. The Labute approximate surface area is 139 Å². The van der Waals surface area contributed by atoms with E-state index < -0.39 is 5.91 Å². The first-order chi connectivity index (χ1) is 11.5. The van der Waals surface area contributed by atoms with Crippen molar-refractivity contribution in [3.05, 3.63) is 59.7 Å². The van der Waals surface area contributed by atoms with E-state index in [1.807, 2.05) is 12.1 Å². The Morgan fingerprint density at radius 2 is 1.46 bits per heavy atom. The van der Waals surface area contributed by atoms with E-state index in [9.17, 15) is 9.59 Å². The van der Waals surface area contributed by atoms with Crippen LogP contribution in [0.1, 0.15) is 17.5 Å². The highest BCUT2D eigenvalue weighted by Crippen LogP contribution is 2.15. The van der Waals surface area contributed by atoms with Gasteiger partial charge in [0.1, 0.15) is 6.42 Å². The molecule has 1 N–H and O–H groups in total. The molecule has 0 atom stereocenters. The van der Waals surface area contributed by atoms with Crippen LogP contribution in [0.3, 0.4) is 0 Å². The molecule has 0 bridgehead atoms. The number of carbonyl (C=O) groups excluding carboxylic acids is 2. The normalized spacial score (nSPS) is 9.46. The molecule has 0 heterocycles. The van der Waals surface area contributed by atoms with E-state index in [4.69, 9.17) is 10.5 Å². The predicted octanol–water partition coefficient (Wildman–Crippen LogP) is 2.42. The topological polar surface area (TPSA) is 97.0 Å². The quantitative estimate of drug-likeness (QED) is 0.875. The highest BCUT2D eigenvalue weighted by molar-refractivity contribution is 6.08. The third kappa shape index (κ3) is 4.19. The summed E-state index contributed by atoms with van der Waals surface area (Å²) in [5.41, 5.74) is 2.11. The zero-order chi connectivity index (χ0) is 17.5.